The predicted octanol–water partition coefficient (Wildman–Crippen LogP) is 7.74. The van der Waals surface area contributed by atoms with Crippen molar-refractivity contribution < 1.29 is 49.0 Å². The molecular weight excluding hydrogens is 839 g/mol. The van der Waals surface area contributed by atoms with Gasteiger partial charge in [0.2, 0.25) is 5.60 Å². The molecule has 1 amide bonds. The molecule has 4 aromatic rings. The van der Waals surface area contributed by atoms with E-state index in [-0.39, 0.29) is 50.9 Å². The Kier molecular flexibility index (Phi) is 13.6. The van der Waals surface area contributed by atoms with Crippen molar-refractivity contribution in [3.05, 3.63) is 81.1 Å². The molecule has 0 bridgehead atoms. The minimum Gasteiger partial charge on any atom is -0.457 e. The Morgan fingerprint density at radius 1 is 0.919 bits per heavy atom. The average Bonchev–Trinajstić information content (AvgIpc) is 3.60. The van der Waals surface area contributed by atoms with Crippen molar-refractivity contribution >= 4 is 68.2 Å². The van der Waals surface area contributed by atoms with Crippen LogP contribution in [0.1, 0.15) is 64.7 Å². The van der Waals surface area contributed by atoms with E-state index in [1.807, 2.05) is 31.2 Å². The summed E-state index contributed by atoms with van der Waals surface area (Å²) < 4.78 is 34.3. The monoisotopic (exact) mass is 891 g/mol. The van der Waals surface area contributed by atoms with Crippen LogP contribution in [0.2, 0.25) is 0 Å². The number of nitrogens with one attached hydrogen (secondary N) is 1. The number of fused-ring (bicyclic) bond motifs is 5. The lowest BCUT2D eigenvalue weighted by Crippen LogP contribution is -2.47. The molecule has 1 N–H and O–H groups in total. The Morgan fingerprint density at radius 2 is 1.63 bits per heavy atom. The van der Waals surface area contributed by atoms with Gasteiger partial charge >= 0.3 is 24.4 Å². The maximum absolute atomic E-state index is 14.1. The topological polar surface area (TPSA) is 177 Å². The number of benzene rings is 2. The van der Waals surface area contributed by atoms with Crippen LogP contribution in [-0.2, 0) is 53.7 Å². The normalized spacial score (nSPS) is 17.1. The van der Waals surface area contributed by atoms with Crippen molar-refractivity contribution in [2.75, 3.05) is 68.2 Å². The number of esters is 1. The van der Waals surface area contributed by atoms with Gasteiger partial charge in [-0.3, -0.25) is 10.1 Å². The van der Waals surface area contributed by atoms with Crippen LogP contribution in [0.3, 0.4) is 0 Å². The van der Waals surface area contributed by atoms with Gasteiger partial charge in [-0.05, 0) is 94.8 Å². The largest absolute Gasteiger partial charge is 0.514 e. The minimum atomic E-state index is -1.92. The Balaban J connectivity index is 0.00000661. The van der Waals surface area contributed by atoms with Crippen LogP contribution in [0.25, 0.3) is 22.3 Å². The van der Waals surface area contributed by atoms with Gasteiger partial charge in [0.25, 0.3) is 5.56 Å². The molecule has 0 aliphatic carbocycles. The van der Waals surface area contributed by atoms with Gasteiger partial charge < -0.3 is 42.8 Å². The van der Waals surface area contributed by atoms with E-state index >= 15 is 0 Å². The molecule has 0 saturated carbocycles. The molecule has 5 heterocycles. The fourth-order valence-corrected chi connectivity index (χ4v) is 9.38. The first-order chi connectivity index (χ1) is 29.7. The number of cyclic esters (lactones) is 1. The molecular formula is C44H53N5O11S2. The quantitative estimate of drug-likeness (QED) is 0.0399. The van der Waals surface area contributed by atoms with Crippen LogP contribution in [0.4, 0.5) is 25.8 Å². The number of nitrogens with zero attached hydrogens (tertiary/aromatic N) is 4. The molecule has 1 saturated heterocycles. The number of aryl methyl sites for hydroxylation is 1. The number of hydrogen-bond acceptors (Lipinski definition) is 16. The zero-order chi connectivity index (χ0) is 44.2. The van der Waals surface area contributed by atoms with Crippen LogP contribution in [0.5, 0.6) is 5.75 Å². The van der Waals surface area contributed by atoms with E-state index in [1.54, 1.807) is 56.5 Å². The van der Waals surface area contributed by atoms with Crippen molar-refractivity contribution in [1.82, 2.24) is 14.5 Å². The predicted molar refractivity (Wildman–Crippen MR) is 239 cm³/mol. The third-order valence-electron chi connectivity index (χ3n) is 10.8. The maximum atomic E-state index is 14.1. The Labute approximate surface area is 368 Å². The van der Waals surface area contributed by atoms with Crippen molar-refractivity contribution in [3.63, 3.8) is 0 Å². The fraction of sp³-hybridized carbons (Fsp3) is 0.455. The lowest BCUT2D eigenvalue weighted by Gasteiger charge is -2.35. The van der Waals surface area contributed by atoms with Crippen LogP contribution in [-0.4, -0.2) is 102 Å². The highest BCUT2D eigenvalue weighted by Gasteiger charge is 2.51. The van der Waals surface area contributed by atoms with Gasteiger partial charge in [-0.2, -0.15) is 0 Å². The van der Waals surface area contributed by atoms with E-state index in [9.17, 15) is 24.0 Å². The summed E-state index contributed by atoms with van der Waals surface area (Å²) in [5.74, 6) is 0.387. The Morgan fingerprint density at radius 3 is 2.31 bits per heavy atom. The van der Waals surface area contributed by atoms with E-state index in [4.69, 9.17) is 33.4 Å². The summed E-state index contributed by atoms with van der Waals surface area (Å²) in [7, 11) is 4.98. The summed E-state index contributed by atoms with van der Waals surface area (Å²) in [5, 5.41) is 3.51. The summed E-state index contributed by atoms with van der Waals surface area (Å²) in [6.07, 6.45) is -1.88. The lowest BCUT2D eigenvalue weighted by atomic mass is 9.85. The smallest absolute Gasteiger partial charge is 0.457 e. The standard InChI is InChI=1S/C44H51N5O11S2.H2/c1-7-30-31-23-29(58-42(54)59-43(3,4)5)13-14-35(31)46-37-32(30)25-49-36(37)24-34-33(38(49)50)26-57-39(51)44(34,8-2)60-41(53)56-20-22-62-61-21-19-55-40(52)45-27-9-11-28(12-10-27)48-17-15-47(6)16-18-48;/h9-14,23-24H,7-8,15-22,25-26H2,1-6H3,(H,45,52);1H/t44-;/m0./s1. The van der Waals surface area contributed by atoms with Crippen LogP contribution >= 0.6 is 21.6 Å². The van der Waals surface area contributed by atoms with E-state index in [0.29, 0.717) is 46.3 Å². The molecule has 1 atom stereocenters. The minimum absolute atomic E-state index is 0. The van der Waals surface area contributed by atoms with Crippen molar-refractivity contribution in [2.24, 2.45) is 0 Å². The SMILES string of the molecule is CCc1c2c(nc3ccc(OC(=O)OC(C)(C)C)cc13)-c1cc3c(c(=O)n1C2)COC(=O)[C@@]3(CC)OC(=O)OCCSSCCOC(=O)Nc1ccc(N2CCN(C)CC2)cc1.[HH]. The van der Waals surface area contributed by atoms with E-state index in [0.717, 1.165) is 48.4 Å². The number of amides is 1. The Bertz CT molecular complexity index is 2420. The molecule has 1 fully saturated rings. The molecule has 3 aliphatic rings. The van der Waals surface area contributed by atoms with Gasteiger partial charge in [-0.15, -0.1) is 0 Å². The summed E-state index contributed by atoms with van der Waals surface area (Å²) in [5.41, 5.74) is 2.56. The van der Waals surface area contributed by atoms with Crippen molar-refractivity contribution in [2.45, 2.75) is 71.8 Å². The van der Waals surface area contributed by atoms with Gasteiger partial charge in [-0.1, -0.05) is 35.4 Å². The Hall–Kier alpha value is -5.46. The average molecular weight is 892 g/mol. The third-order valence-corrected chi connectivity index (χ3v) is 13.1. The number of piperazine rings is 1. The molecule has 7 rings (SSSR count). The number of hydrogen-bond donors (Lipinski definition) is 1. The van der Waals surface area contributed by atoms with E-state index in [2.05, 4.69) is 22.2 Å². The van der Waals surface area contributed by atoms with Crippen LogP contribution in [0, 0.1) is 0 Å². The van der Waals surface area contributed by atoms with Gasteiger partial charge in [0.05, 0.1) is 29.0 Å². The highest BCUT2D eigenvalue weighted by atomic mass is 33.1. The second-order valence-corrected chi connectivity index (χ2v) is 18.7. The van der Waals surface area contributed by atoms with Gasteiger partial charge in [0, 0.05) is 67.0 Å². The zero-order valence-electron chi connectivity index (χ0n) is 35.7. The molecule has 16 nitrogen and oxygen atoms in total. The van der Waals surface area contributed by atoms with Crippen LogP contribution in [0.15, 0.2) is 53.3 Å². The number of carbonyl (C=O) groups excluding carboxylic acids is 4. The van der Waals surface area contributed by atoms with Crippen molar-refractivity contribution in [1.29, 1.82) is 0 Å². The molecule has 18 heteroatoms. The zero-order valence-corrected chi connectivity index (χ0v) is 37.3. The summed E-state index contributed by atoms with van der Waals surface area (Å²) >= 11 is 0. The first-order valence-corrected chi connectivity index (χ1v) is 23.1. The van der Waals surface area contributed by atoms with E-state index < -0.39 is 35.6 Å². The van der Waals surface area contributed by atoms with Gasteiger partial charge in [-0.25, -0.2) is 24.2 Å². The maximum Gasteiger partial charge on any atom is 0.514 e. The molecule has 62 heavy (non-hydrogen) atoms. The molecule has 332 valence electrons. The highest BCUT2D eigenvalue weighted by molar-refractivity contribution is 8.76. The second kappa shape index (κ2) is 18.9. The third kappa shape index (κ3) is 9.76. The summed E-state index contributed by atoms with van der Waals surface area (Å²) in [6.45, 7) is 12.9. The molecule has 0 unspecified atom stereocenters. The van der Waals surface area contributed by atoms with Crippen LogP contribution < -0.4 is 20.5 Å². The number of likely N-dealkylation sites (N-methyl/N-ethyl adjacent to an activating group) is 1. The number of carbonyl (C=O) groups is 4. The highest BCUT2D eigenvalue weighted by Crippen LogP contribution is 2.42. The first kappa shape index (κ1) is 44.6. The van der Waals surface area contributed by atoms with Gasteiger partial charge in [0.1, 0.15) is 31.2 Å². The fourth-order valence-electron chi connectivity index (χ4n) is 7.72. The molecule has 2 aromatic heterocycles. The number of ether oxygens (including phenoxy) is 6. The molecule has 2 aromatic carbocycles. The van der Waals surface area contributed by atoms with Crippen molar-refractivity contribution in [3.8, 4) is 17.1 Å². The molecule has 0 spiro atoms. The first-order valence-electron chi connectivity index (χ1n) is 20.6. The number of pyridine rings is 2. The molecule has 0 radical (unpaired) electrons. The van der Waals surface area contributed by atoms with E-state index in [1.165, 1.54) is 21.6 Å². The number of anilines is 2. The van der Waals surface area contributed by atoms with Gasteiger partial charge in [0.15, 0.2) is 0 Å². The second-order valence-electron chi connectivity index (χ2n) is 16.0. The number of rotatable bonds is 13. The molecule has 3 aliphatic heterocycles. The summed E-state index contributed by atoms with van der Waals surface area (Å²) in [6, 6.07) is 14.5. The summed E-state index contributed by atoms with van der Waals surface area (Å²) in [4.78, 5) is 75.0. The lowest BCUT2D eigenvalue weighted by molar-refractivity contribution is -0.175. The number of aromatic nitrogens is 2.